The fraction of sp³-hybridized carbons (Fsp3) is 0.375. The molecule has 0 radical (unpaired) electrons. The van der Waals surface area contributed by atoms with Gasteiger partial charge in [-0.15, -0.1) is 0 Å². The summed E-state index contributed by atoms with van der Waals surface area (Å²) in [5.41, 5.74) is 1.24. The van der Waals surface area contributed by atoms with Crippen molar-refractivity contribution in [3.05, 3.63) is 53.1 Å². The quantitative estimate of drug-likeness (QED) is 0.534. The van der Waals surface area contributed by atoms with Crippen molar-refractivity contribution in [1.82, 2.24) is 4.90 Å². The molecule has 1 heterocycles. The van der Waals surface area contributed by atoms with Gasteiger partial charge in [0.15, 0.2) is 0 Å². The monoisotopic (exact) mass is 506 g/mol. The highest BCUT2D eigenvalue weighted by Gasteiger charge is 2.36. The van der Waals surface area contributed by atoms with Gasteiger partial charge in [-0.25, -0.2) is 13.6 Å². The minimum Gasteiger partial charge on any atom is -0.497 e. The molecule has 188 valence electrons. The SMILES string of the molecule is COc1ccc2c(c1)CCN(C(=O)COCC(=O)O)[C@H]2C(=O)Nc1cc(F)c([Si](C)(C)C)c(F)c1. The lowest BCUT2D eigenvalue weighted by molar-refractivity contribution is -0.148. The Balaban J connectivity index is 1.93. The number of hydrogen-bond acceptors (Lipinski definition) is 5. The molecule has 1 aliphatic heterocycles. The van der Waals surface area contributed by atoms with Crippen LogP contribution >= 0.6 is 0 Å². The predicted octanol–water partition coefficient (Wildman–Crippen LogP) is 2.68. The van der Waals surface area contributed by atoms with Crippen LogP contribution in [0.25, 0.3) is 0 Å². The third-order valence-corrected chi connectivity index (χ3v) is 7.64. The molecule has 0 spiro atoms. The summed E-state index contributed by atoms with van der Waals surface area (Å²) >= 11 is 0. The average Bonchev–Trinajstić information content (AvgIpc) is 2.75. The molecule has 2 aromatic rings. The van der Waals surface area contributed by atoms with E-state index in [0.29, 0.717) is 17.7 Å². The molecule has 0 fully saturated rings. The number of methoxy groups -OCH3 is 1. The van der Waals surface area contributed by atoms with Crippen LogP contribution in [0, 0.1) is 11.6 Å². The van der Waals surface area contributed by atoms with Gasteiger partial charge in [-0.05, 0) is 41.8 Å². The van der Waals surface area contributed by atoms with Crippen LogP contribution < -0.4 is 15.2 Å². The number of carboxylic acid groups (broad SMARTS) is 1. The molecule has 0 aliphatic carbocycles. The van der Waals surface area contributed by atoms with Gasteiger partial charge in [-0.3, -0.25) is 9.59 Å². The minimum absolute atomic E-state index is 0.0398. The first-order valence-corrected chi connectivity index (χ1v) is 14.5. The number of halogens is 2. The molecule has 2 amide bonds. The van der Waals surface area contributed by atoms with E-state index in [2.05, 4.69) is 5.32 Å². The van der Waals surface area contributed by atoms with Crippen LogP contribution in [0.5, 0.6) is 5.75 Å². The van der Waals surface area contributed by atoms with Crippen molar-refractivity contribution in [3.63, 3.8) is 0 Å². The van der Waals surface area contributed by atoms with Crippen molar-refractivity contribution in [2.75, 3.05) is 32.2 Å². The fourth-order valence-electron chi connectivity index (χ4n) is 4.16. The van der Waals surface area contributed by atoms with Crippen LogP contribution in [0.3, 0.4) is 0 Å². The Morgan fingerprint density at radius 1 is 1.11 bits per heavy atom. The lowest BCUT2D eigenvalue weighted by Gasteiger charge is -2.36. The van der Waals surface area contributed by atoms with E-state index in [1.54, 1.807) is 18.2 Å². The number of rotatable bonds is 8. The second-order valence-corrected chi connectivity index (χ2v) is 14.2. The van der Waals surface area contributed by atoms with Crippen molar-refractivity contribution < 1.29 is 37.7 Å². The van der Waals surface area contributed by atoms with Crippen LogP contribution in [0.2, 0.25) is 19.6 Å². The lowest BCUT2D eigenvalue weighted by Crippen LogP contribution is -2.47. The van der Waals surface area contributed by atoms with Crippen LogP contribution in [0.4, 0.5) is 14.5 Å². The summed E-state index contributed by atoms with van der Waals surface area (Å²) in [6.07, 6.45) is 0.426. The first-order valence-electron chi connectivity index (χ1n) is 11.0. The zero-order valence-electron chi connectivity index (χ0n) is 20.0. The highest BCUT2D eigenvalue weighted by atomic mass is 28.3. The van der Waals surface area contributed by atoms with E-state index in [0.717, 1.165) is 17.7 Å². The number of anilines is 1. The molecule has 35 heavy (non-hydrogen) atoms. The molecule has 8 nitrogen and oxygen atoms in total. The second-order valence-electron chi connectivity index (χ2n) is 9.25. The number of fused-ring (bicyclic) bond motifs is 1. The number of nitrogens with one attached hydrogen (secondary N) is 1. The fourth-order valence-corrected chi connectivity index (χ4v) is 5.74. The van der Waals surface area contributed by atoms with Gasteiger partial charge in [0.2, 0.25) is 5.91 Å². The normalized spacial score (nSPS) is 15.4. The molecule has 0 bridgehead atoms. The Bertz CT molecular complexity index is 1130. The van der Waals surface area contributed by atoms with E-state index in [-0.39, 0.29) is 17.4 Å². The molecule has 0 aromatic heterocycles. The average molecular weight is 507 g/mol. The number of carbonyl (C=O) groups excluding carboxylic acids is 2. The van der Waals surface area contributed by atoms with E-state index < -0.39 is 56.7 Å². The number of hydrogen-bond donors (Lipinski definition) is 2. The Labute approximate surface area is 202 Å². The van der Waals surface area contributed by atoms with Crippen molar-refractivity contribution in [2.24, 2.45) is 0 Å². The minimum atomic E-state index is -2.30. The number of nitrogens with zero attached hydrogens (tertiary/aromatic N) is 1. The van der Waals surface area contributed by atoms with Gasteiger partial charge < -0.3 is 24.8 Å². The number of benzene rings is 2. The van der Waals surface area contributed by atoms with Gasteiger partial charge in [0, 0.05) is 17.4 Å². The van der Waals surface area contributed by atoms with Gasteiger partial charge in [0.1, 0.15) is 36.6 Å². The van der Waals surface area contributed by atoms with Crippen LogP contribution in [0.15, 0.2) is 30.3 Å². The van der Waals surface area contributed by atoms with Gasteiger partial charge in [0.25, 0.3) is 5.91 Å². The maximum absolute atomic E-state index is 14.7. The van der Waals surface area contributed by atoms with E-state index in [1.165, 1.54) is 12.0 Å². The molecule has 0 saturated carbocycles. The molecule has 2 N–H and O–H groups in total. The van der Waals surface area contributed by atoms with Crippen LogP contribution in [0.1, 0.15) is 17.2 Å². The van der Waals surface area contributed by atoms with Crippen molar-refractivity contribution in [3.8, 4) is 5.75 Å². The summed E-state index contributed by atoms with van der Waals surface area (Å²) < 4.78 is 39.6. The Kier molecular flexibility index (Phi) is 7.91. The zero-order chi connectivity index (χ0) is 25.9. The van der Waals surface area contributed by atoms with E-state index in [4.69, 9.17) is 14.6 Å². The molecule has 0 unspecified atom stereocenters. The maximum atomic E-state index is 14.7. The Morgan fingerprint density at radius 2 is 1.77 bits per heavy atom. The summed E-state index contributed by atoms with van der Waals surface area (Å²) in [6, 6.07) is 6.11. The molecule has 1 atom stereocenters. The number of ether oxygens (including phenoxy) is 2. The van der Waals surface area contributed by atoms with E-state index in [1.807, 2.05) is 19.6 Å². The topological polar surface area (TPSA) is 105 Å². The standard InChI is InChI=1S/C24H28F2N2O6Si/c1-33-16-5-6-17-14(9-16)7-8-28(20(29)12-34-13-21(30)31)22(17)24(32)27-15-10-18(25)23(19(26)11-15)35(2,3)4/h5-6,9-11,22H,7-8,12-13H2,1-4H3,(H,27,32)(H,30,31)/t22-/m1/s1. The zero-order valence-corrected chi connectivity index (χ0v) is 21.0. The molecular formula is C24H28F2N2O6Si. The lowest BCUT2D eigenvalue weighted by atomic mass is 9.91. The third-order valence-electron chi connectivity index (χ3n) is 5.66. The number of carbonyl (C=O) groups is 3. The number of amides is 2. The Hall–Kier alpha value is -3.31. The summed E-state index contributed by atoms with van der Waals surface area (Å²) in [4.78, 5) is 38.2. The van der Waals surface area contributed by atoms with Crippen molar-refractivity contribution >= 4 is 36.7 Å². The summed E-state index contributed by atoms with van der Waals surface area (Å²) in [5, 5.41) is 11.3. The largest absolute Gasteiger partial charge is 0.497 e. The van der Waals surface area contributed by atoms with E-state index >= 15 is 0 Å². The molecule has 2 aromatic carbocycles. The molecular weight excluding hydrogens is 478 g/mol. The van der Waals surface area contributed by atoms with Crippen LogP contribution in [-0.4, -0.2) is 62.7 Å². The van der Waals surface area contributed by atoms with Gasteiger partial charge in [0.05, 0.1) is 15.2 Å². The highest BCUT2D eigenvalue weighted by molar-refractivity contribution is 6.88. The maximum Gasteiger partial charge on any atom is 0.329 e. The summed E-state index contributed by atoms with van der Waals surface area (Å²) in [5.74, 6) is -3.36. The smallest absolute Gasteiger partial charge is 0.329 e. The second kappa shape index (κ2) is 10.5. The van der Waals surface area contributed by atoms with Crippen molar-refractivity contribution in [1.29, 1.82) is 0 Å². The number of carboxylic acids is 1. The molecule has 0 saturated heterocycles. The van der Waals surface area contributed by atoms with Gasteiger partial charge >= 0.3 is 5.97 Å². The molecule has 3 rings (SSSR count). The van der Waals surface area contributed by atoms with E-state index in [9.17, 15) is 23.2 Å². The summed E-state index contributed by atoms with van der Waals surface area (Å²) in [7, 11) is -0.793. The van der Waals surface area contributed by atoms with Gasteiger partial charge in [-0.1, -0.05) is 25.7 Å². The molecule has 11 heteroatoms. The first-order chi connectivity index (χ1) is 16.4. The number of aliphatic carboxylic acids is 1. The first kappa shape index (κ1) is 26.3. The Morgan fingerprint density at radius 3 is 2.34 bits per heavy atom. The van der Waals surface area contributed by atoms with Gasteiger partial charge in [-0.2, -0.15) is 0 Å². The third kappa shape index (κ3) is 6.04. The highest BCUT2D eigenvalue weighted by Crippen LogP contribution is 2.33. The van der Waals surface area contributed by atoms with Crippen LogP contribution in [-0.2, 0) is 25.5 Å². The predicted molar refractivity (Wildman–Crippen MR) is 128 cm³/mol. The van der Waals surface area contributed by atoms with Crippen molar-refractivity contribution in [2.45, 2.75) is 32.1 Å². The molecule has 1 aliphatic rings. The summed E-state index contributed by atoms with van der Waals surface area (Å²) in [6.45, 7) is 4.41.